The molecule has 0 unspecified atom stereocenters. The van der Waals surface area contributed by atoms with Crippen molar-refractivity contribution in [2.75, 3.05) is 0 Å². The molecule has 0 saturated heterocycles. The molecule has 0 radical (unpaired) electrons. The van der Waals surface area contributed by atoms with E-state index in [2.05, 4.69) is 4.99 Å². The van der Waals surface area contributed by atoms with Gasteiger partial charge in [-0.05, 0) is 53.2 Å². The number of nitrogens with zero attached hydrogens (tertiary/aromatic N) is 1. The number of ketones is 1. The molecule has 0 aromatic heterocycles. The van der Waals surface area contributed by atoms with Crippen molar-refractivity contribution in [1.29, 1.82) is 0 Å². The number of aliphatic imine (C=N–C) groups is 1. The Labute approximate surface area is 167 Å². The standard InChI is InChI=1S/C24H16ClNO2/c25-18-12-9-17(10-13-18)24(28)20-7-3-4-8-22(20)26-15-21-19-6-2-1-5-16(19)11-14-23(21)27/h1-15,27H. The Hall–Kier alpha value is -3.43. The maximum atomic E-state index is 12.9. The molecule has 4 heteroatoms. The molecule has 28 heavy (non-hydrogen) atoms. The summed E-state index contributed by atoms with van der Waals surface area (Å²) in [5.41, 5.74) is 2.18. The van der Waals surface area contributed by atoms with Crippen LogP contribution in [0.3, 0.4) is 0 Å². The number of aromatic hydroxyl groups is 1. The topological polar surface area (TPSA) is 49.7 Å². The molecule has 1 N–H and O–H groups in total. The quantitative estimate of drug-likeness (QED) is 0.337. The number of hydrogen-bond acceptors (Lipinski definition) is 3. The minimum Gasteiger partial charge on any atom is -0.507 e. The largest absolute Gasteiger partial charge is 0.507 e. The molecule has 3 nitrogen and oxygen atoms in total. The van der Waals surface area contributed by atoms with Crippen LogP contribution >= 0.6 is 11.6 Å². The number of rotatable bonds is 4. The van der Waals surface area contributed by atoms with Crippen LogP contribution in [0.5, 0.6) is 5.75 Å². The average Bonchev–Trinajstić information content (AvgIpc) is 2.73. The molecular weight excluding hydrogens is 370 g/mol. The predicted octanol–water partition coefficient (Wildman–Crippen LogP) is 6.18. The number of carbonyl (C=O) groups excluding carboxylic acids is 1. The predicted molar refractivity (Wildman–Crippen MR) is 114 cm³/mol. The zero-order chi connectivity index (χ0) is 19.5. The van der Waals surface area contributed by atoms with Gasteiger partial charge < -0.3 is 5.11 Å². The van der Waals surface area contributed by atoms with Gasteiger partial charge in [-0.15, -0.1) is 0 Å². The highest BCUT2D eigenvalue weighted by molar-refractivity contribution is 6.30. The lowest BCUT2D eigenvalue weighted by Crippen LogP contribution is -2.01. The van der Waals surface area contributed by atoms with Crippen LogP contribution in [-0.2, 0) is 0 Å². The summed E-state index contributed by atoms with van der Waals surface area (Å²) >= 11 is 5.92. The van der Waals surface area contributed by atoms with Crippen molar-refractivity contribution < 1.29 is 9.90 Å². The highest BCUT2D eigenvalue weighted by Crippen LogP contribution is 2.28. The molecule has 0 fully saturated rings. The maximum Gasteiger partial charge on any atom is 0.195 e. The number of fused-ring (bicyclic) bond motifs is 1. The summed E-state index contributed by atoms with van der Waals surface area (Å²) in [5.74, 6) is 0.00974. The van der Waals surface area contributed by atoms with Gasteiger partial charge in [-0.3, -0.25) is 9.79 Å². The van der Waals surface area contributed by atoms with E-state index in [0.29, 0.717) is 27.4 Å². The summed E-state index contributed by atoms with van der Waals surface area (Å²) in [6.45, 7) is 0. The smallest absolute Gasteiger partial charge is 0.195 e. The molecule has 0 heterocycles. The van der Waals surface area contributed by atoms with Crippen molar-refractivity contribution in [2.45, 2.75) is 0 Å². The first kappa shape index (κ1) is 18.0. The lowest BCUT2D eigenvalue weighted by Gasteiger charge is -2.07. The molecule has 0 spiro atoms. The van der Waals surface area contributed by atoms with E-state index in [0.717, 1.165) is 10.8 Å². The monoisotopic (exact) mass is 385 g/mol. The minimum absolute atomic E-state index is 0.133. The zero-order valence-electron chi connectivity index (χ0n) is 14.8. The number of carbonyl (C=O) groups is 1. The second-order valence-electron chi connectivity index (χ2n) is 6.33. The molecule has 4 rings (SSSR count). The summed E-state index contributed by atoms with van der Waals surface area (Å²) in [5, 5.41) is 12.8. The summed E-state index contributed by atoms with van der Waals surface area (Å²) in [7, 11) is 0. The van der Waals surface area contributed by atoms with E-state index in [9.17, 15) is 9.90 Å². The molecule has 4 aromatic carbocycles. The Morgan fingerprint density at radius 3 is 2.39 bits per heavy atom. The minimum atomic E-state index is -0.133. The van der Waals surface area contributed by atoms with E-state index in [1.54, 1.807) is 54.7 Å². The van der Waals surface area contributed by atoms with Crippen molar-refractivity contribution in [1.82, 2.24) is 0 Å². The highest BCUT2D eigenvalue weighted by Gasteiger charge is 2.13. The van der Waals surface area contributed by atoms with Crippen molar-refractivity contribution >= 4 is 40.1 Å². The van der Waals surface area contributed by atoms with Crippen molar-refractivity contribution in [3.63, 3.8) is 0 Å². The van der Waals surface area contributed by atoms with Gasteiger partial charge in [0, 0.05) is 27.9 Å². The fraction of sp³-hybridized carbons (Fsp3) is 0. The van der Waals surface area contributed by atoms with Crippen LogP contribution in [0.25, 0.3) is 10.8 Å². The second kappa shape index (κ2) is 7.67. The van der Waals surface area contributed by atoms with Gasteiger partial charge in [-0.2, -0.15) is 0 Å². The SMILES string of the molecule is O=C(c1ccc(Cl)cc1)c1ccccc1N=Cc1c(O)ccc2ccccc12. The normalized spacial score (nSPS) is 11.2. The van der Waals surface area contributed by atoms with Crippen LogP contribution in [0.1, 0.15) is 21.5 Å². The first-order valence-electron chi connectivity index (χ1n) is 8.77. The van der Waals surface area contributed by atoms with Gasteiger partial charge in [-0.1, -0.05) is 54.1 Å². The lowest BCUT2D eigenvalue weighted by molar-refractivity contribution is 0.103. The first-order chi connectivity index (χ1) is 13.6. The third-order valence-corrected chi connectivity index (χ3v) is 4.79. The van der Waals surface area contributed by atoms with Crippen molar-refractivity contribution in [3.05, 3.63) is 107 Å². The van der Waals surface area contributed by atoms with Crippen LogP contribution in [0, 0.1) is 0 Å². The van der Waals surface area contributed by atoms with Crippen LogP contribution in [0.2, 0.25) is 5.02 Å². The summed E-state index contributed by atoms with van der Waals surface area (Å²) in [4.78, 5) is 17.4. The van der Waals surface area contributed by atoms with Crippen LogP contribution in [-0.4, -0.2) is 17.1 Å². The van der Waals surface area contributed by atoms with E-state index in [-0.39, 0.29) is 11.5 Å². The Kier molecular flexibility index (Phi) is 4.92. The number of benzene rings is 4. The number of phenols is 1. The van der Waals surface area contributed by atoms with E-state index >= 15 is 0 Å². The Balaban J connectivity index is 1.75. The van der Waals surface area contributed by atoms with Crippen LogP contribution < -0.4 is 0 Å². The van der Waals surface area contributed by atoms with E-state index in [4.69, 9.17) is 11.6 Å². The van der Waals surface area contributed by atoms with E-state index < -0.39 is 0 Å². The Bertz CT molecular complexity index is 1200. The van der Waals surface area contributed by atoms with Gasteiger partial charge in [-0.25, -0.2) is 0 Å². The lowest BCUT2D eigenvalue weighted by atomic mass is 10.0. The van der Waals surface area contributed by atoms with Gasteiger partial charge in [0.2, 0.25) is 0 Å². The molecule has 0 aliphatic carbocycles. The summed E-state index contributed by atoms with van der Waals surface area (Å²) in [6, 6.07) is 25.2. The van der Waals surface area contributed by atoms with Gasteiger partial charge in [0.15, 0.2) is 5.78 Å². The maximum absolute atomic E-state index is 12.9. The van der Waals surface area contributed by atoms with Crippen LogP contribution in [0.15, 0.2) is 89.9 Å². The van der Waals surface area contributed by atoms with Crippen LogP contribution in [0.4, 0.5) is 5.69 Å². The molecule has 0 bridgehead atoms. The molecule has 0 amide bonds. The fourth-order valence-electron chi connectivity index (χ4n) is 3.09. The number of para-hydroxylation sites is 1. The van der Waals surface area contributed by atoms with Gasteiger partial charge in [0.1, 0.15) is 5.75 Å². The molecule has 0 aliphatic heterocycles. The van der Waals surface area contributed by atoms with Gasteiger partial charge in [0.05, 0.1) is 5.69 Å². The first-order valence-corrected chi connectivity index (χ1v) is 9.15. The second-order valence-corrected chi connectivity index (χ2v) is 6.77. The average molecular weight is 386 g/mol. The number of halogens is 1. The molecule has 0 saturated carbocycles. The highest BCUT2D eigenvalue weighted by atomic mass is 35.5. The molecular formula is C24H16ClNO2. The Morgan fingerprint density at radius 1 is 0.857 bits per heavy atom. The van der Waals surface area contributed by atoms with Crippen molar-refractivity contribution in [2.24, 2.45) is 4.99 Å². The number of hydrogen-bond donors (Lipinski definition) is 1. The number of phenolic OH excluding ortho intramolecular Hbond substituents is 1. The van der Waals surface area contributed by atoms with E-state index in [1.165, 1.54) is 0 Å². The van der Waals surface area contributed by atoms with Gasteiger partial charge >= 0.3 is 0 Å². The molecule has 0 aliphatic rings. The third kappa shape index (κ3) is 3.53. The summed E-state index contributed by atoms with van der Waals surface area (Å²) < 4.78 is 0. The zero-order valence-corrected chi connectivity index (χ0v) is 15.6. The van der Waals surface area contributed by atoms with E-state index in [1.807, 2.05) is 36.4 Å². The fourth-order valence-corrected chi connectivity index (χ4v) is 3.21. The van der Waals surface area contributed by atoms with Crippen molar-refractivity contribution in [3.8, 4) is 5.75 Å². The van der Waals surface area contributed by atoms with Gasteiger partial charge in [0.25, 0.3) is 0 Å². The molecule has 136 valence electrons. The molecule has 4 aromatic rings. The molecule has 0 atom stereocenters. The summed E-state index contributed by atoms with van der Waals surface area (Å²) in [6.07, 6.45) is 1.60. The Morgan fingerprint density at radius 2 is 1.57 bits per heavy atom. The third-order valence-electron chi connectivity index (χ3n) is 4.54.